The normalized spacial score (nSPS) is 15.6. The molecule has 0 N–H and O–H groups in total. The number of para-hydroxylation sites is 1. The molecule has 3 aromatic rings. The van der Waals surface area contributed by atoms with Gasteiger partial charge in [-0.3, -0.25) is 4.68 Å². The average Bonchev–Trinajstić information content (AvgIpc) is 3.29. The van der Waals surface area contributed by atoms with Gasteiger partial charge < -0.3 is 9.64 Å². The fourth-order valence-electron chi connectivity index (χ4n) is 3.52. The Morgan fingerprint density at radius 2 is 1.88 bits per heavy atom. The van der Waals surface area contributed by atoms with E-state index in [-0.39, 0.29) is 5.54 Å². The van der Waals surface area contributed by atoms with Crippen LogP contribution < -0.4 is 4.74 Å². The van der Waals surface area contributed by atoms with E-state index in [1.54, 1.807) is 0 Å². The summed E-state index contributed by atoms with van der Waals surface area (Å²) in [6.07, 6.45) is 4.40. The molecule has 0 amide bonds. The van der Waals surface area contributed by atoms with Crippen LogP contribution in [0.25, 0.3) is 10.9 Å². The molecule has 136 valence electrons. The van der Waals surface area contributed by atoms with Gasteiger partial charge in [-0.1, -0.05) is 18.2 Å². The van der Waals surface area contributed by atoms with Crippen LogP contribution in [0, 0.1) is 13.8 Å². The average molecular weight is 414 g/mol. The second-order valence-electron chi connectivity index (χ2n) is 7.59. The molecule has 1 fully saturated rings. The van der Waals surface area contributed by atoms with E-state index in [2.05, 4.69) is 88.9 Å². The molecule has 0 spiro atoms. The molecule has 0 unspecified atom stereocenters. The number of ether oxygens (including phenoxy) is 1. The number of aromatic nitrogens is 2. The van der Waals surface area contributed by atoms with E-state index in [1.807, 2.05) is 6.20 Å². The Morgan fingerprint density at radius 3 is 2.50 bits per heavy atom. The molecule has 0 aliphatic heterocycles. The summed E-state index contributed by atoms with van der Waals surface area (Å²) in [4.78, 5) is 2.33. The van der Waals surface area contributed by atoms with Crippen LogP contribution in [0.1, 0.15) is 24.0 Å². The summed E-state index contributed by atoms with van der Waals surface area (Å²) >= 11 is 3.69. The number of aryl methyl sites for hydroxylation is 2. The molecule has 1 aliphatic rings. The van der Waals surface area contributed by atoms with Crippen molar-refractivity contribution in [3.05, 3.63) is 52.1 Å². The van der Waals surface area contributed by atoms with Crippen LogP contribution in [0.2, 0.25) is 0 Å². The standard InChI is InChI=1S/C21H24BrN3O/c1-14-6-5-7-15(2)20(14)26-19-10-16-12-23-25(18(16)11-17(19)22)13-21(8-9-21)24(3)4/h5-7,10-12H,8-9,13H2,1-4H3. The first kappa shape index (κ1) is 17.6. The Morgan fingerprint density at radius 1 is 1.19 bits per heavy atom. The first-order chi connectivity index (χ1) is 12.4. The molecular formula is C21H24BrN3O. The summed E-state index contributed by atoms with van der Waals surface area (Å²) in [5.41, 5.74) is 3.67. The van der Waals surface area contributed by atoms with Gasteiger partial charge in [0.15, 0.2) is 0 Å². The first-order valence-corrected chi connectivity index (χ1v) is 9.75. The van der Waals surface area contributed by atoms with Gasteiger partial charge in [0.25, 0.3) is 0 Å². The third-order valence-corrected chi connectivity index (χ3v) is 6.16. The van der Waals surface area contributed by atoms with Crippen LogP contribution in [0.4, 0.5) is 0 Å². The van der Waals surface area contributed by atoms with Gasteiger partial charge in [0.2, 0.25) is 0 Å². The van der Waals surface area contributed by atoms with Crippen molar-refractivity contribution in [1.82, 2.24) is 14.7 Å². The van der Waals surface area contributed by atoms with Gasteiger partial charge in [-0.05, 0) is 80.0 Å². The molecule has 0 saturated heterocycles. The third kappa shape index (κ3) is 3.03. The quantitative estimate of drug-likeness (QED) is 0.568. The van der Waals surface area contributed by atoms with Crippen LogP contribution in [-0.2, 0) is 6.54 Å². The fourth-order valence-corrected chi connectivity index (χ4v) is 3.94. The molecule has 1 aliphatic carbocycles. The summed E-state index contributed by atoms with van der Waals surface area (Å²) in [5, 5.41) is 5.74. The van der Waals surface area contributed by atoms with Crippen molar-refractivity contribution in [3.8, 4) is 11.5 Å². The van der Waals surface area contributed by atoms with Crippen molar-refractivity contribution in [2.75, 3.05) is 14.1 Å². The zero-order chi connectivity index (χ0) is 18.5. The highest BCUT2D eigenvalue weighted by molar-refractivity contribution is 9.10. The van der Waals surface area contributed by atoms with Gasteiger partial charge in [0, 0.05) is 10.9 Å². The second-order valence-corrected chi connectivity index (χ2v) is 8.44. The van der Waals surface area contributed by atoms with E-state index >= 15 is 0 Å². The van der Waals surface area contributed by atoms with E-state index < -0.39 is 0 Å². The van der Waals surface area contributed by atoms with Gasteiger partial charge in [0.1, 0.15) is 11.5 Å². The fraction of sp³-hybridized carbons (Fsp3) is 0.381. The van der Waals surface area contributed by atoms with Crippen molar-refractivity contribution in [2.24, 2.45) is 0 Å². The Kier molecular flexibility index (Phi) is 4.32. The maximum absolute atomic E-state index is 6.25. The van der Waals surface area contributed by atoms with Crippen LogP contribution in [0.15, 0.2) is 41.0 Å². The Bertz CT molecular complexity index is 953. The number of hydrogen-bond donors (Lipinski definition) is 0. The summed E-state index contributed by atoms with van der Waals surface area (Å²) < 4.78 is 9.32. The Balaban J connectivity index is 1.68. The number of rotatable bonds is 5. The summed E-state index contributed by atoms with van der Waals surface area (Å²) in [6.45, 7) is 5.07. The Hall–Kier alpha value is -1.85. The third-order valence-electron chi connectivity index (χ3n) is 5.54. The Labute approximate surface area is 162 Å². The predicted molar refractivity (Wildman–Crippen MR) is 109 cm³/mol. The van der Waals surface area contributed by atoms with Crippen molar-refractivity contribution in [3.63, 3.8) is 0 Å². The van der Waals surface area contributed by atoms with E-state index in [1.165, 1.54) is 12.8 Å². The molecular weight excluding hydrogens is 390 g/mol. The second kappa shape index (κ2) is 6.39. The highest BCUT2D eigenvalue weighted by atomic mass is 79.9. The largest absolute Gasteiger partial charge is 0.456 e. The number of benzene rings is 2. The lowest BCUT2D eigenvalue weighted by molar-refractivity contribution is 0.237. The van der Waals surface area contributed by atoms with Gasteiger partial charge in [-0.2, -0.15) is 5.10 Å². The van der Waals surface area contributed by atoms with E-state index in [4.69, 9.17) is 4.74 Å². The number of nitrogens with zero attached hydrogens (tertiary/aromatic N) is 3. The van der Waals surface area contributed by atoms with Crippen LogP contribution in [0.5, 0.6) is 11.5 Å². The minimum absolute atomic E-state index is 0.263. The number of fused-ring (bicyclic) bond motifs is 1. The molecule has 5 heteroatoms. The highest BCUT2D eigenvalue weighted by Gasteiger charge is 2.45. The summed E-state index contributed by atoms with van der Waals surface area (Å²) in [5.74, 6) is 1.74. The topological polar surface area (TPSA) is 30.3 Å². The monoisotopic (exact) mass is 413 g/mol. The molecule has 26 heavy (non-hydrogen) atoms. The molecule has 1 saturated carbocycles. The SMILES string of the molecule is Cc1cccc(C)c1Oc1cc2cnn(CC3(N(C)C)CC3)c2cc1Br. The van der Waals surface area contributed by atoms with E-state index in [9.17, 15) is 0 Å². The molecule has 4 nitrogen and oxygen atoms in total. The van der Waals surface area contributed by atoms with Crippen molar-refractivity contribution >= 4 is 26.8 Å². The molecule has 4 rings (SSSR count). The minimum Gasteiger partial charge on any atom is -0.456 e. The first-order valence-electron chi connectivity index (χ1n) is 8.96. The molecule has 0 bridgehead atoms. The van der Waals surface area contributed by atoms with Crippen molar-refractivity contribution < 1.29 is 4.74 Å². The number of likely N-dealkylation sites (N-methyl/N-ethyl adjacent to an activating group) is 1. The lowest BCUT2D eigenvalue weighted by atomic mass is 10.1. The van der Waals surface area contributed by atoms with Gasteiger partial charge >= 0.3 is 0 Å². The molecule has 1 aromatic heterocycles. The van der Waals surface area contributed by atoms with E-state index in [0.29, 0.717) is 0 Å². The van der Waals surface area contributed by atoms with Crippen LogP contribution >= 0.6 is 15.9 Å². The number of hydrogen-bond acceptors (Lipinski definition) is 3. The van der Waals surface area contributed by atoms with Crippen LogP contribution in [0.3, 0.4) is 0 Å². The van der Waals surface area contributed by atoms with E-state index in [0.717, 1.165) is 44.5 Å². The molecule has 2 aromatic carbocycles. The predicted octanol–water partition coefficient (Wildman–Crippen LogP) is 5.30. The maximum atomic E-state index is 6.25. The summed E-state index contributed by atoms with van der Waals surface area (Å²) in [7, 11) is 4.32. The lowest BCUT2D eigenvalue weighted by Crippen LogP contribution is -2.34. The van der Waals surface area contributed by atoms with Gasteiger partial charge in [0.05, 0.1) is 22.7 Å². The zero-order valence-corrected chi connectivity index (χ0v) is 17.3. The van der Waals surface area contributed by atoms with Crippen molar-refractivity contribution in [1.29, 1.82) is 0 Å². The molecule has 0 atom stereocenters. The zero-order valence-electron chi connectivity index (χ0n) is 15.7. The molecule has 0 radical (unpaired) electrons. The highest BCUT2D eigenvalue weighted by Crippen LogP contribution is 2.42. The number of halogens is 1. The van der Waals surface area contributed by atoms with Gasteiger partial charge in [-0.25, -0.2) is 0 Å². The smallest absolute Gasteiger partial charge is 0.142 e. The van der Waals surface area contributed by atoms with Crippen LogP contribution in [-0.4, -0.2) is 34.3 Å². The van der Waals surface area contributed by atoms with Gasteiger partial charge in [-0.15, -0.1) is 0 Å². The minimum atomic E-state index is 0.263. The van der Waals surface area contributed by atoms with Crippen molar-refractivity contribution in [2.45, 2.75) is 38.8 Å². The summed E-state index contributed by atoms with van der Waals surface area (Å²) in [6, 6.07) is 10.4. The molecule has 1 heterocycles. The maximum Gasteiger partial charge on any atom is 0.142 e. The lowest BCUT2D eigenvalue weighted by Gasteiger charge is -2.24.